The van der Waals surface area contributed by atoms with Crippen LogP contribution in [0.4, 0.5) is 5.82 Å². The van der Waals surface area contributed by atoms with Gasteiger partial charge in [0, 0.05) is 24.9 Å². The third-order valence-electron chi connectivity index (χ3n) is 4.61. The number of aryl methyl sites for hydroxylation is 1. The van der Waals surface area contributed by atoms with E-state index in [9.17, 15) is 4.79 Å². The monoisotopic (exact) mass is 372 g/mol. The Labute approximate surface area is 159 Å². The topological polar surface area (TPSA) is 89.3 Å². The minimum absolute atomic E-state index is 0.118. The molecular formula is C20H28N4O3. The Morgan fingerprint density at radius 2 is 2.22 bits per heavy atom. The van der Waals surface area contributed by atoms with E-state index in [1.54, 1.807) is 12.3 Å². The zero-order valence-corrected chi connectivity index (χ0v) is 16.2. The van der Waals surface area contributed by atoms with Gasteiger partial charge in [-0.2, -0.15) is 0 Å². The number of amides is 1. The minimum atomic E-state index is -0.185. The molecule has 2 N–H and O–H groups in total. The summed E-state index contributed by atoms with van der Waals surface area (Å²) >= 11 is 0. The second kappa shape index (κ2) is 8.52. The molecule has 2 aromatic heterocycles. The number of anilines is 1. The molecule has 1 atom stereocenters. The maximum Gasteiger partial charge on any atom is 0.253 e. The first-order chi connectivity index (χ1) is 12.9. The molecule has 27 heavy (non-hydrogen) atoms. The average Bonchev–Trinajstić information content (AvgIpc) is 3.07. The van der Waals surface area contributed by atoms with E-state index >= 15 is 0 Å². The van der Waals surface area contributed by atoms with Crippen LogP contribution >= 0.6 is 0 Å². The van der Waals surface area contributed by atoms with Gasteiger partial charge in [-0.3, -0.25) is 4.79 Å². The van der Waals surface area contributed by atoms with Gasteiger partial charge in [0.25, 0.3) is 5.91 Å². The molecule has 1 aliphatic heterocycles. The fourth-order valence-electron chi connectivity index (χ4n) is 3.26. The summed E-state index contributed by atoms with van der Waals surface area (Å²) in [6.07, 6.45) is 5.35. The number of ether oxygens (including phenoxy) is 1. The quantitative estimate of drug-likeness (QED) is 0.775. The molecule has 1 amide bonds. The maximum absolute atomic E-state index is 12.3. The van der Waals surface area contributed by atoms with Crippen molar-refractivity contribution in [2.24, 2.45) is 0 Å². The van der Waals surface area contributed by atoms with Gasteiger partial charge in [-0.15, -0.1) is 0 Å². The Balaban J connectivity index is 1.50. The van der Waals surface area contributed by atoms with Gasteiger partial charge in [-0.05, 0) is 45.2 Å². The number of rotatable bonds is 7. The molecule has 1 fully saturated rings. The van der Waals surface area contributed by atoms with Crippen LogP contribution in [0.2, 0.25) is 0 Å². The summed E-state index contributed by atoms with van der Waals surface area (Å²) in [5.74, 6) is 1.24. The first kappa shape index (κ1) is 19.4. The summed E-state index contributed by atoms with van der Waals surface area (Å²) in [6, 6.07) is 5.82. The Morgan fingerprint density at radius 3 is 2.93 bits per heavy atom. The predicted molar refractivity (Wildman–Crippen MR) is 103 cm³/mol. The van der Waals surface area contributed by atoms with Crippen LogP contribution in [-0.2, 0) is 17.7 Å². The Hall–Kier alpha value is -2.41. The van der Waals surface area contributed by atoms with Crippen molar-refractivity contribution in [3.63, 3.8) is 0 Å². The normalized spacial score (nSPS) is 18.9. The van der Waals surface area contributed by atoms with Crippen molar-refractivity contribution in [3.8, 4) is 0 Å². The lowest BCUT2D eigenvalue weighted by Gasteiger charge is -2.36. The van der Waals surface area contributed by atoms with Crippen LogP contribution in [0, 0.1) is 0 Å². The summed E-state index contributed by atoms with van der Waals surface area (Å²) in [6.45, 7) is 7.34. The van der Waals surface area contributed by atoms with Crippen molar-refractivity contribution < 1.29 is 14.1 Å². The fourth-order valence-corrected chi connectivity index (χ4v) is 3.26. The zero-order chi connectivity index (χ0) is 19.3. The summed E-state index contributed by atoms with van der Waals surface area (Å²) < 4.78 is 11.0. The van der Waals surface area contributed by atoms with E-state index in [2.05, 4.69) is 41.5 Å². The number of pyridine rings is 1. The summed E-state index contributed by atoms with van der Waals surface area (Å²) in [4.78, 5) is 16.7. The fraction of sp³-hybridized carbons (Fsp3) is 0.550. The molecule has 0 unspecified atom stereocenters. The second-order valence-corrected chi connectivity index (χ2v) is 7.59. The molecule has 0 saturated carbocycles. The summed E-state index contributed by atoms with van der Waals surface area (Å²) in [5, 5.41) is 10.2. The first-order valence-corrected chi connectivity index (χ1v) is 9.54. The molecule has 7 heteroatoms. The average molecular weight is 372 g/mol. The molecule has 1 aliphatic rings. The van der Waals surface area contributed by atoms with E-state index in [1.165, 1.54) is 0 Å². The molecule has 7 nitrogen and oxygen atoms in total. The molecule has 2 aromatic rings. The predicted octanol–water partition coefficient (Wildman–Crippen LogP) is 3.32. The highest BCUT2D eigenvalue weighted by Crippen LogP contribution is 2.25. The third-order valence-corrected chi connectivity index (χ3v) is 4.61. The van der Waals surface area contributed by atoms with Crippen LogP contribution in [0.5, 0.6) is 0 Å². The number of aromatic nitrogens is 2. The van der Waals surface area contributed by atoms with Gasteiger partial charge in [0.15, 0.2) is 5.76 Å². The standard InChI is InChI=1S/C20H28N4O3/c1-4-5-15-10-17(27-24-15)13-22-19(25)14-6-7-18(21-12-14)23-16-8-9-26-20(2,3)11-16/h6-7,10,12,16H,4-5,8-9,11,13H2,1-3H3,(H,21,23)(H,22,25)/t16-/m1/s1. The van der Waals surface area contributed by atoms with E-state index in [4.69, 9.17) is 9.26 Å². The van der Waals surface area contributed by atoms with Gasteiger partial charge in [0.1, 0.15) is 5.82 Å². The highest BCUT2D eigenvalue weighted by atomic mass is 16.5. The molecular weight excluding hydrogens is 344 g/mol. The van der Waals surface area contributed by atoms with Gasteiger partial charge < -0.3 is 19.9 Å². The molecule has 0 bridgehead atoms. The summed E-state index contributed by atoms with van der Waals surface area (Å²) in [5.41, 5.74) is 1.31. The number of nitrogens with one attached hydrogen (secondary N) is 2. The molecule has 0 spiro atoms. The molecule has 1 saturated heterocycles. The number of carbonyl (C=O) groups is 1. The van der Waals surface area contributed by atoms with Gasteiger partial charge in [-0.1, -0.05) is 18.5 Å². The molecule has 3 rings (SSSR count). The van der Waals surface area contributed by atoms with E-state index < -0.39 is 0 Å². The van der Waals surface area contributed by atoms with Gasteiger partial charge in [0.05, 0.1) is 23.4 Å². The molecule has 146 valence electrons. The van der Waals surface area contributed by atoms with Crippen molar-refractivity contribution in [1.29, 1.82) is 0 Å². The number of hydrogen-bond donors (Lipinski definition) is 2. The smallest absolute Gasteiger partial charge is 0.253 e. The first-order valence-electron chi connectivity index (χ1n) is 9.54. The van der Waals surface area contributed by atoms with Crippen LogP contribution < -0.4 is 10.6 Å². The lowest BCUT2D eigenvalue weighted by molar-refractivity contribution is -0.0553. The van der Waals surface area contributed by atoms with Crippen molar-refractivity contribution in [3.05, 3.63) is 41.4 Å². The minimum Gasteiger partial charge on any atom is -0.375 e. The summed E-state index contributed by atoms with van der Waals surface area (Å²) in [7, 11) is 0. The largest absolute Gasteiger partial charge is 0.375 e. The van der Waals surface area contributed by atoms with Crippen molar-refractivity contribution in [2.75, 3.05) is 11.9 Å². The molecule has 0 aromatic carbocycles. The number of nitrogens with zero attached hydrogens (tertiary/aromatic N) is 2. The lowest BCUT2D eigenvalue weighted by atomic mass is 9.94. The zero-order valence-electron chi connectivity index (χ0n) is 16.2. The van der Waals surface area contributed by atoms with Crippen LogP contribution in [-0.4, -0.2) is 34.3 Å². The van der Waals surface area contributed by atoms with E-state index in [0.29, 0.717) is 23.9 Å². The van der Waals surface area contributed by atoms with Crippen molar-refractivity contribution in [2.45, 2.75) is 64.6 Å². The van der Waals surface area contributed by atoms with E-state index in [1.807, 2.05) is 12.1 Å². The van der Waals surface area contributed by atoms with Gasteiger partial charge in [-0.25, -0.2) is 4.98 Å². The Bertz CT molecular complexity index is 755. The number of carbonyl (C=O) groups excluding carboxylic acids is 1. The van der Waals surface area contributed by atoms with Crippen molar-refractivity contribution in [1.82, 2.24) is 15.5 Å². The SMILES string of the molecule is CCCc1cc(CNC(=O)c2ccc(N[C@@H]3CCOC(C)(C)C3)nc2)on1. The Morgan fingerprint density at radius 1 is 1.37 bits per heavy atom. The second-order valence-electron chi connectivity index (χ2n) is 7.59. The van der Waals surface area contributed by atoms with Crippen LogP contribution in [0.3, 0.4) is 0 Å². The van der Waals surface area contributed by atoms with Gasteiger partial charge >= 0.3 is 0 Å². The van der Waals surface area contributed by atoms with E-state index in [-0.39, 0.29) is 11.5 Å². The van der Waals surface area contributed by atoms with Crippen LogP contribution in [0.15, 0.2) is 28.9 Å². The van der Waals surface area contributed by atoms with Crippen molar-refractivity contribution >= 4 is 11.7 Å². The van der Waals surface area contributed by atoms with E-state index in [0.717, 1.165) is 43.8 Å². The Kier molecular flexibility index (Phi) is 6.11. The third kappa shape index (κ3) is 5.53. The van der Waals surface area contributed by atoms with Gasteiger partial charge in [0.2, 0.25) is 0 Å². The van der Waals surface area contributed by atoms with Crippen LogP contribution in [0.25, 0.3) is 0 Å². The highest BCUT2D eigenvalue weighted by molar-refractivity contribution is 5.93. The number of hydrogen-bond acceptors (Lipinski definition) is 6. The molecule has 0 aliphatic carbocycles. The molecule has 0 radical (unpaired) electrons. The molecule has 3 heterocycles. The lowest BCUT2D eigenvalue weighted by Crippen LogP contribution is -2.40. The van der Waals surface area contributed by atoms with Crippen LogP contribution in [0.1, 0.15) is 61.8 Å². The highest BCUT2D eigenvalue weighted by Gasteiger charge is 2.28. The maximum atomic E-state index is 12.3.